The van der Waals surface area contributed by atoms with Crippen molar-refractivity contribution in [3.05, 3.63) is 36.5 Å². The Hall–Kier alpha value is -2.49. The van der Waals surface area contributed by atoms with Crippen LogP contribution in [0.1, 0.15) is 34.1 Å². The van der Waals surface area contributed by atoms with Gasteiger partial charge in [0.1, 0.15) is 6.10 Å². The number of carbonyl (C=O) groups is 3. The molecule has 0 fully saturated rings. The van der Waals surface area contributed by atoms with Crippen LogP contribution in [0.15, 0.2) is 36.5 Å². The van der Waals surface area contributed by atoms with Crippen molar-refractivity contribution in [3.8, 4) is 0 Å². The molecule has 0 aliphatic rings. The lowest BCUT2D eigenvalue weighted by atomic mass is 10.3. The number of hydrogen-bond acceptors (Lipinski definition) is 6. The topological polar surface area (TPSA) is 173 Å². The predicted molar refractivity (Wildman–Crippen MR) is 91.9 cm³/mol. The quantitative estimate of drug-likeness (QED) is 0.307. The van der Waals surface area contributed by atoms with Gasteiger partial charge in [0.15, 0.2) is 6.29 Å². The van der Waals surface area contributed by atoms with Gasteiger partial charge in [-0.2, -0.15) is 0 Å². The summed E-state index contributed by atoms with van der Waals surface area (Å²) in [5.74, 6) is -2.81. The third kappa shape index (κ3) is 34.0. The average molecular weight is 364 g/mol. The van der Waals surface area contributed by atoms with Crippen LogP contribution in [-0.2, 0) is 14.4 Å². The van der Waals surface area contributed by atoms with Crippen LogP contribution in [-0.4, -0.2) is 60.9 Å². The van der Waals surface area contributed by atoms with Gasteiger partial charge in [-0.05, 0) is 27.2 Å². The molecule has 0 rings (SSSR count). The van der Waals surface area contributed by atoms with E-state index in [9.17, 15) is 14.4 Å². The molecule has 9 heteroatoms. The van der Waals surface area contributed by atoms with Crippen molar-refractivity contribution >= 4 is 17.9 Å². The van der Waals surface area contributed by atoms with E-state index in [1.807, 2.05) is 0 Å². The van der Waals surface area contributed by atoms with E-state index in [0.717, 1.165) is 0 Å². The molecule has 0 aliphatic heterocycles. The third-order valence-electron chi connectivity index (χ3n) is 1.86. The Morgan fingerprint density at radius 2 is 0.880 bits per heavy atom. The summed E-state index contributed by atoms with van der Waals surface area (Å²) in [4.78, 5) is 28.8. The Morgan fingerprint density at radius 1 is 0.720 bits per heavy atom. The first-order valence-electron chi connectivity index (χ1n) is 6.82. The van der Waals surface area contributed by atoms with E-state index in [4.69, 9.17) is 30.6 Å². The molecule has 1 atom stereocenters. The predicted octanol–water partition coefficient (Wildman–Crippen LogP) is 1.01. The van der Waals surface area contributed by atoms with Gasteiger partial charge >= 0.3 is 17.9 Å². The highest BCUT2D eigenvalue weighted by Gasteiger charge is 2.07. The van der Waals surface area contributed by atoms with Gasteiger partial charge in [-0.1, -0.05) is 26.7 Å². The number of carboxylic acid groups (broad SMARTS) is 3. The zero-order chi connectivity index (χ0) is 21.3. The maximum absolute atomic E-state index is 9.60. The van der Waals surface area contributed by atoms with Gasteiger partial charge in [0.25, 0.3) is 0 Å². The number of carboxylic acids is 3. The van der Waals surface area contributed by atoms with Crippen LogP contribution in [0.25, 0.3) is 0 Å². The molecule has 25 heavy (non-hydrogen) atoms. The molecule has 0 radical (unpaired) electrons. The van der Waals surface area contributed by atoms with Gasteiger partial charge in [0, 0.05) is 16.7 Å². The second-order valence-electron chi connectivity index (χ2n) is 4.65. The summed E-state index contributed by atoms with van der Waals surface area (Å²) in [6, 6.07) is 0. The lowest BCUT2D eigenvalue weighted by Gasteiger charge is -2.07. The molecule has 146 valence electrons. The molecule has 0 heterocycles. The zero-order valence-electron chi connectivity index (χ0n) is 14.9. The summed E-state index contributed by atoms with van der Waals surface area (Å²) >= 11 is 0. The molecule has 0 amide bonds. The van der Waals surface area contributed by atoms with Gasteiger partial charge in [-0.25, -0.2) is 14.4 Å². The molecule has 0 spiro atoms. The fourth-order valence-electron chi connectivity index (χ4n) is 0.211. The maximum Gasteiger partial charge on any atom is 0.330 e. The highest BCUT2D eigenvalue weighted by Crippen LogP contribution is 1.91. The molecule has 0 bridgehead atoms. The lowest BCUT2D eigenvalue weighted by molar-refractivity contribution is -0.133. The smallest absolute Gasteiger partial charge is 0.330 e. The van der Waals surface area contributed by atoms with E-state index in [-0.39, 0.29) is 16.7 Å². The number of aliphatic hydroxyl groups is 3. The van der Waals surface area contributed by atoms with E-state index in [1.165, 1.54) is 20.8 Å². The number of hydrogen-bond donors (Lipinski definition) is 6. The number of aliphatic carboxylic acids is 3. The van der Waals surface area contributed by atoms with Crippen LogP contribution in [0, 0.1) is 0 Å². The summed E-state index contributed by atoms with van der Waals surface area (Å²) in [5, 5.41) is 48.4. The van der Waals surface area contributed by atoms with Crippen LogP contribution in [0.2, 0.25) is 0 Å². The highest BCUT2D eigenvalue weighted by atomic mass is 16.5. The Labute approximate surface area is 146 Å². The van der Waals surface area contributed by atoms with E-state index in [0.29, 0.717) is 6.42 Å². The molecule has 0 saturated carbocycles. The van der Waals surface area contributed by atoms with Gasteiger partial charge in [-0.15, -0.1) is 0 Å². The van der Waals surface area contributed by atoms with Crippen LogP contribution in [0.4, 0.5) is 0 Å². The highest BCUT2D eigenvalue weighted by molar-refractivity contribution is 5.85. The summed E-state index contributed by atoms with van der Waals surface area (Å²) in [5.41, 5.74) is 0.528. The van der Waals surface area contributed by atoms with Crippen LogP contribution >= 0.6 is 0 Å². The molecular weight excluding hydrogens is 336 g/mol. The second kappa shape index (κ2) is 17.9. The van der Waals surface area contributed by atoms with Crippen molar-refractivity contribution < 1.29 is 45.0 Å². The van der Waals surface area contributed by atoms with Crippen LogP contribution < -0.4 is 0 Å². The molecule has 0 aromatic carbocycles. The number of aliphatic hydroxyl groups excluding tert-OH is 2. The van der Waals surface area contributed by atoms with Crippen molar-refractivity contribution in [2.24, 2.45) is 0 Å². The van der Waals surface area contributed by atoms with Crippen molar-refractivity contribution in [2.75, 3.05) is 0 Å². The zero-order valence-corrected chi connectivity index (χ0v) is 14.9. The SMILES string of the molecule is C=C(C)C(=O)O.C=C(C)C(=O)O.C=C(C)C(=O)O.CCC(O)C(O)O. The fraction of sp³-hybridized carbons (Fsp3) is 0.438. The second-order valence-corrected chi connectivity index (χ2v) is 4.65. The van der Waals surface area contributed by atoms with E-state index in [2.05, 4.69) is 19.7 Å². The molecule has 6 N–H and O–H groups in total. The Kier molecular flexibility index (Phi) is 21.7. The normalized spacial score (nSPS) is 9.60. The van der Waals surface area contributed by atoms with Gasteiger partial charge in [0.05, 0.1) is 0 Å². The molecular formula is C16H28O9. The van der Waals surface area contributed by atoms with Crippen molar-refractivity contribution in [1.29, 1.82) is 0 Å². The Bertz CT molecular complexity index is 371. The van der Waals surface area contributed by atoms with E-state index >= 15 is 0 Å². The van der Waals surface area contributed by atoms with Crippen molar-refractivity contribution in [3.63, 3.8) is 0 Å². The fourth-order valence-corrected chi connectivity index (χ4v) is 0.211. The summed E-state index contributed by atoms with van der Waals surface area (Å²) in [6.45, 7) is 15.5. The van der Waals surface area contributed by atoms with Crippen molar-refractivity contribution in [1.82, 2.24) is 0 Å². The number of rotatable bonds is 5. The minimum absolute atomic E-state index is 0.176. The molecule has 0 saturated heterocycles. The monoisotopic (exact) mass is 364 g/mol. The standard InChI is InChI=1S/C4H10O3.3C4H6O2/c1-2-3(5)4(6)7;3*1-3(2)4(5)6/h3-7H,2H2,1H3;3*1H2,2H3,(H,5,6). The Balaban J connectivity index is -0.000000118. The van der Waals surface area contributed by atoms with Crippen LogP contribution in [0.3, 0.4) is 0 Å². The van der Waals surface area contributed by atoms with Crippen molar-refractivity contribution in [2.45, 2.75) is 46.5 Å². The molecule has 9 nitrogen and oxygen atoms in total. The lowest BCUT2D eigenvalue weighted by Crippen LogP contribution is -2.23. The molecule has 1 unspecified atom stereocenters. The minimum atomic E-state index is -1.58. The average Bonchev–Trinajstić information content (AvgIpc) is 2.47. The minimum Gasteiger partial charge on any atom is -0.478 e. The third-order valence-corrected chi connectivity index (χ3v) is 1.86. The first-order valence-corrected chi connectivity index (χ1v) is 6.82. The first-order chi connectivity index (χ1) is 11.1. The molecule has 0 aromatic heterocycles. The Morgan fingerprint density at radius 3 is 0.880 bits per heavy atom. The maximum atomic E-state index is 9.60. The first kappa shape index (κ1) is 30.4. The summed E-state index contributed by atoms with van der Waals surface area (Å²) in [7, 11) is 0. The van der Waals surface area contributed by atoms with Crippen LogP contribution in [0.5, 0.6) is 0 Å². The van der Waals surface area contributed by atoms with Gasteiger partial charge in [0.2, 0.25) is 0 Å². The molecule has 0 aromatic rings. The van der Waals surface area contributed by atoms with Gasteiger partial charge in [-0.3, -0.25) is 0 Å². The molecule has 0 aliphatic carbocycles. The van der Waals surface area contributed by atoms with E-state index < -0.39 is 30.3 Å². The largest absolute Gasteiger partial charge is 0.478 e. The van der Waals surface area contributed by atoms with Gasteiger partial charge < -0.3 is 30.6 Å². The summed E-state index contributed by atoms with van der Waals surface area (Å²) < 4.78 is 0. The summed E-state index contributed by atoms with van der Waals surface area (Å²) in [6.07, 6.45) is -2.19. The van der Waals surface area contributed by atoms with E-state index in [1.54, 1.807) is 6.92 Å².